The third-order valence-corrected chi connectivity index (χ3v) is 6.38. The topological polar surface area (TPSA) is 83.6 Å². The van der Waals surface area contributed by atoms with Crippen LogP contribution in [0.1, 0.15) is 32.3 Å². The molecule has 0 aliphatic carbocycles. The van der Waals surface area contributed by atoms with Gasteiger partial charge in [-0.25, -0.2) is 4.98 Å². The van der Waals surface area contributed by atoms with E-state index in [2.05, 4.69) is 14.8 Å². The lowest BCUT2D eigenvalue weighted by molar-refractivity contribution is 0.0594. The van der Waals surface area contributed by atoms with Crippen molar-refractivity contribution in [3.63, 3.8) is 0 Å². The van der Waals surface area contributed by atoms with E-state index < -0.39 is 0 Å². The first-order valence-electron chi connectivity index (χ1n) is 11.4. The van der Waals surface area contributed by atoms with Gasteiger partial charge >= 0.3 is 0 Å². The molecule has 8 nitrogen and oxygen atoms in total. The summed E-state index contributed by atoms with van der Waals surface area (Å²) in [6, 6.07) is 16.8. The molecule has 0 bridgehead atoms. The van der Waals surface area contributed by atoms with Crippen molar-refractivity contribution in [2.24, 2.45) is 7.05 Å². The zero-order chi connectivity index (χ0) is 23.7. The van der Waals surface area contributed by atoms with E-state index in [1.54, 1.807) is 12.1 Å². The van der Waals surface area contributed by atoms with Crippen LogP contribution in [-0.2, 0) is 13.6 Å². The number of hydrogen-bond donors (Lipinski definition) is 1. The molecule has 34 heavy (non-hydrogen) atoms. The van der Waals surface area contributed by atoms with E-state index in [4.69, 9.17) is 9.40 Å². The summed E-state index contributed by atoms with van der Waals surface area (Å²) in [5.74, 6) is 1.14. The Bertz CT molecular complexity index is 1330. The summed E-state index contributed by atoms with van der Waals surface area (Å²) in [4.78, 5) is 34.1. The average molecular weight is 458 g/mol. The Labute approximate surface area is 197 Å². The van der Waals surface area contributed by atoms with Crippen molar-refractivity contribution in [2.45, 2.75) is 13.5 Å². The number of piperazine rings is 1. The van der Waals surface area contributed by atoms with Gasteiger partial charge in [0.15, 0.2) is 5.76 Å². The van der Waals surface area contributed by atoms with Crippen LogP contribution < -0.4 is 5.32 Å². The quantitative estimate of drug-likeness (QED) is 0.494. The Morgan fingerprint density at radius 2 is 1.82 bits per heavy atom. The Morgan fingerprint density at radius 3 is 2.56 bits per heavy atom. The van der Waals surface area contributed by atoms with Gasteiger partial charge < -0.3 is 19.2 Å². The molecular weight excluding hydrogens is 430 g/mol. The molecule has 1 aliphatic rings. The molecule has 0 atom stereocenters. The van der Waals surface area contributed by atoms with Gasteiger partial charge in [-0.05, 0) is 48.9 Å². The third-order valence-electron chi connectivity index (χ3n) is 6.38. The number of rotatable bonds is 5. The van der Waals surface area contributed by atoms with Gasteiger partial charge in [-0.1, -0.05) is 18.2 Å². The van der Waals surface area contributed by atoms with Gasteiger partial charge in [-0.2, -0.15) is 0 Å². The van der Waals surface area contributed by atoms with Crippen LogP contribution in [0.15, 0.2) is 65.3 Å². The highest BCUT2D eigenvalue weighted by Crippen LogP contribution is 2.22. The predicted molar refractivity (Wildman–Crippen MR) is 130 cm³/mol. The van der Waals surface area contributed by atoms with Crippen LogP contribution in [0, 0.1) is 6.92 Å². The summed E-state index contributed by atoms with van der Waals surface area (Å²) in [6.07, 6.45) is 1.52. The summed E-state index contributed by atoms with van der Waals surface area (Å²) < 4.78 is 7.33. The zero-order valence-electron chi connectivity index (χ0n) is 19.3. The number of hydrogen-bond acceptors (Lipinski definition) is 5. The zero-order valence-corrected chi connectivity index (χ0v) is 19.3. The average Bonchev–Trinajstić information content (AvgIpc) is 3.48. The molecule has 8 heteroatoms. The third kappa shape index (κ3) is 4.32. The van der Waals surface area contributed by atoms with Gasteiger partial charge in [0, 0.05) is 44.5 Å². The number of aromatic nitrogens is 2. The molecule has 1 saturated heterocycles. The minimum atomic E-state index is -0.129. The maximum atomic E-state index is 12.7. The van der Waals surface area contributed by atoms with Gasteiger partial charge in [0.2, 0.25) is 0 Å². The maximum absolute atomic E-state index is 12.7. The van der Waals surface area contributed by atoms with Gasteiger partial charge in [0.25, 0.3) is 11.8 Å². The molecule has 1 N–H and O–H groups in total. The Morgan fingerprint density at radius 1 is 1.03 bits per heavy atom. The highest BCUT2D eigenvalue weighted by Gasteiger charge is 2.24. The van der Waals surface area contributed by atoms with Crippen LogP contribution in [0.4, 0.5) is 5.69 Å². The van der Waals surface area contributed by atoms with Gasteiger partial charge in [0.1, 0.15) is 5.82 Å². The predicted octanol–water partition coefficient (Wildman–Crippen LogP) is 3.69. The minimum absolute atomic E-state index is 0.0624. The van der Waals surface area contributed by atoms with Crippen molar-refractivity contribution < 1.29 is 14.0 Å². The van der Waals surface area contributed by atoms with E-state index in [9.17, 15) is 9.59 Å². The second-order valence-corrected chi connectivity index (χ2v) is 8.61. The number of benzene rings is 2. The van der Waals surface area contributed by atoms with Crippen molar-refractivity contribution in [1.82, 2.24) is 19.4 Å². The number of anilines is 1. The Hall–Kier alpha value is -3.91. The summed E-state index contributed by atoms with van der Waals surface area (Å²) in [5, 5.41) is 2.98. The number of nitrogens with one attached hydrogen (secondary N) is 1. The second-order valence-electron chi connectivity index (χ2n) is 8.61. The van der Waals surface area contributed by atoms with Crippen molar-refractivity contribution in [2.75, 3.05) is 31.5 Å². The molecule has 2 amide bonds. The molecule has 0 spiro atoms. The van der Waals surface area contributed by atoms with Crippen molar-refractivity contribution in [3.8, 4) is 0 Å². The molecule has 4 aromatic rings. The SMILES string of the molecule is Cc1ccccc1C(=O)Nc1ccc2c(c1)nc(CN1CCN(C(=O)c3ccco3)CC1)n2C. The number of carbonyl (C=O) groups excluding carboxylic acids is 2. The van der Waals surface area contributed by atoms with Crippen LogP contribution in [-0.4, -0.2) is 57.3 Å². The molecule has 0 saturated carbocycles. The molecule has 3 heterocycles. The summed E-state index contributed by atoms with van der Waals surface area (Å²) in [7, 11) is 2.01. The first-order chi connectivity index (χ1) is 16.5. The number of carbonyl (C=O) groups is 2. The van der Waals surface area contributed by atoms with Crippen molar-refractivity contribution >= 4 is 28.5 Å². The molecule has 5 rings (SSSR count). The van der Waals surface area contributed by atoms with Crippen LogP contribution in [0.5, 0.6) is 0 Å². The fourth-order valence-corrected chi connectivity index (χ4v) is 4.36. The molecule has 2 aromatic carbocycles. The first-order valence-corrected chi connectivity index (χ1v) is 11.4. The lowest BCUT2D eigenvalue weighted by Gasteiger charge is -2.34. The summed E-state index contributed by atoms with van der Waals surface area (Å²) in [6.45, 7) is 5.46. The number of nitrogens with zero attached hydrogens (tertiary/aromatic N) is 4. The summed E-state index contributed by atoms with van der Waals surface area (Å²) in [5.41, 5.74) is 4.17. The summed E-state index contributed by atoms with van der Waals surface area (Å²) >= 11 is 0. The number of imidazole rings is 1. The molecule has 0 radical (unpaired) electrons. The Kier molecular flexibility index (Phi) is 5.90. The fourth-order valence-electron chi connectivity index (χ4n) is 4.36. The maximum Gasteiger partial charge on any atom is 0.289 e. The van der Waals surface area contributed by atoms with E-state index in [1.165, 1.54) is 6.26 Å². The van der Waals surface area contributed by atoms with Crippen molar-refractivity contribution in [3.05, 3.63) is 83.6 Å². The molecule has 0 unspecified atom stereocenters. The highest BCUT2D eigenvalue weighted by atomic mass is 16.3. The normalized spacial score (nSPS) is 14.5. The van der Waals surface area contributed by atoms with E-state index in [1.807, 2.05) is 61.3 Å². The molecule has 1 fully saturated rings. The monoisotopic (exact) mass is 457 g/mol. The number of amides is 2. The second kappa shape index (κ2) is 9.15. The lowest BCUT2D eigenvalue weighted by atomic mass is 10.1. The van der Waals surface area contributed by atoms with E-state index in [0.29, 0.717) is 31.0 Å². The molecule has 1 aliphatic heterocycles. The van der Waals surface area contributed by atoms with E-state index in [-0.39, 0.29) is 11.8 Å². The highest BCUT2D eigenvalue weighted by molar-refractivity contribution is 6.05. The van der Waals surface area contributed by atoms with Gasteiger partial charge in [-0.15, -0.1) is 0 Å². The standard InChI is InChI=1S/C26H27N5O3/c1-18-6-3-4-7-20(18)25(32)27-19-9-10-22-21(16-19)28-24(29(22)2)17-30-11-13-31(14-12-30)26(33)23-8-5-15-34-23/h3-10,15-16H,11-14,17H2,1-2H3,(H,27,32). The number of aryl methyl sites for hydroxylation is 2. The van der Waals surface area contributed by atoms with Crippen LogP contribution in [0.3, 0.4) is 0 Å². The van der Waals surface area contributed by atoms with Gasteiger partial charge in [-0.3, -0.25) is 14.5 Å². The van der Waals surface area contributed by atoms with E-state index >= 15 is 0 Å². The van der Waals surface area contributed by atoms with Crippen LogP contribution in [0.2, 0.25) is 0 Å². The Balaban J connectivity index is 1.25. The van der Waals surface area contributed by atoms with Crippen LogP contribution >= 0.6 is 0 Å². The van der Waals surface area contributed by atoms with Gasteiger partial charge in [0.05, 0.1) is 23.8 Å². The number of fused-ring (bicyclic) bond motifs is 1. The van der Waals surface area contributed by atoms with E-state index in [0.717, 1.165) is 41.2 Å². The minimum Gasteiger partial charge on any atom is -0.459 e. The lowest BCUT2D eigenvalue weighted by Crippen LogP contribution is -2.48. The largest absolute Gasteiger partial charge is 0.459 e. The van der Waals surface area contributed by atoms with Crippen LogP contribution in [0.25, 0.3) is 11.0 Å². The molecule has 174 valence electrons. The fraction of sp³-hybridized carbons (Fsp3) is 0.269. The number of furan rings is 1. The molecule has 2 aromatic heterocycles. The smallest absolute Gasteiger partial charge is 0.289 e. The molecular formula is C26H27N5O3. The first kappa shape index (κ1) is 21.9. The van der Waals surface area contributed by atoms with Crippen molar-refractivity contribution in [1.29, 1.82) is 0 Å².